The van der Waals surface area contributed by atoms with Crippen LogP contribution < -0.4 is 15.4 Å². The summed E-state index contributed by atoms with van der Waals surface area (Å²) in [7, 11) is 3.39. The molecule has 0 bridgehead atoms. The maximum atomic E-state index is 12.7. The molecule has 4 aromatic rings. The van der Waals surface area contributed by atoms with Crippen molar-refractivity contribution in [2.45, 2.75) is 13.2 Å². The van der Waals surface area contributed by atoms with Crippen LogP contribution in [0.5, 0.6) is 5.75 Å². The van der Waals surface area contributed by atoms with E-state index in [0.29, 0.717) is 10.8 Å². The van der Waals surface area contributed by atoms with Crippen molar-refractivity contribution in [2.75, 3.05) is 5.32 Å². The Kier molecular flexibility index (Phi) is 7.34. The summed E-state index contributed by atoms with van der Waals surface area (Å²) in [5.74, 6) is -0.347. The number of benzene rings is 1. The van der Waals surface area contributed by atoms with Crippen molar-refractivity contribution < 1.29 is 18.7 Å². The second kappa shape index (κ2) is 10.4. The number of nitrogens with zero attached hydrogens (tertiary/aromatic N) is 4. The van der Waals surface area contributed by atoms with Gasteiger partial charge in [-0.25, -0.2) is 0 Å². The van der Waals surface area contributed by atoms with E-state index in [9.17, 15) is 9.59 Å². The van der Waals surface area contributed by atoms with E-state index in [-0.39, 0.29) is 46.1 Å². The van der Waals surface area contributed by atoms with Crippen LogP contribution in [0.25, 0.3) is 0 Å². The quantitative estimate of drug-likeness (QED) is 0.343. The van der Waals surface area contributed by atoms with E-state index in [1.54, 1.807) is 37.2 Å². The Labute approximate surface area is 214 Å². The molecule has 0 unspecified atom stereocenters. The third-order valence-electron chi connectivity index (χ3n) is 4.82. The molecule has 0 fully saturated rings. The maximum Gasteiger partial charge on any atom is 0.291 e. The van der Waals surface area contributed by atoms with Crippen LogP contribution in [-0.4, -0.2) is 31.4 Å². The van der Waals surface area contributed by atoms with Crippen molar-refractivity contribution >= 4 is 52.3 Å². The molecule has 2 N–H and O–H groups in total. The van der Waals surface area contributed by atoms with Crippen LogP contribution in [0, 0.1) is 0 Å². The molecule has 0 aliphatic heterocycles. The number of halogens is 3. The van der Waals surface area contributed by atoms with Crippen LogP contribution in [-0.2, 0) is 27.2 Å². The summed E-state index contributed by atoms with van der Waals surface area (Å²) in [5, 5.41) is 14.4. The third-order valence-corrected chi connectivity index (χ3v) is 5.60. The molecule has 0 spiro atoms. The monoisotopic (exact) mass is 536 g/mol. The first kappa shape index (κ1) is 24.6. The Bertz CT molecular complexity index is 1370. The standard InChI is InChI=1S/C22H19Cl3N6O4/c1-30-10-12(8-27-30)7-26-22(33)19-17(9-28-31(19)2)29-21(32)18-4-3-14(35-18)11-34-20-15(24)5-13(23)6-16(20)25/h3-6,8-10H,7,11H2,1-2H3,(H,26,33)(H,29,32). The molecule has 0 saturated carbocycles. The van der Waals surface area contributed by atoms with Gasteiger partial charge >= 0.3 is 0 Å². The smallest absolute Gasteiger partial charge is 0.291 e. The molecule has 3 aromatic heterocycles. The van der Waals surface area contributed by atoms with Crippen molar-refractivity contribution in [3.05, 3.63) is 80.7 Å². The Morgan fingerprint density at radius 3 is 2.49 bits per heavy atom. The number of carbonyl (C=O) groups excluding carboxylic acids is 2. The average molecular weight is 538 g/mol. The second-order valence-corrected chi connectivity index (χ2v) is 8.69. The first-order valence-electron chi connectivity index (χ1n) is 10.2. The number of carbonyl (C=O) groups is 2. The molecule has 4 rings (SSSR count). The van der Waals surface area contributed by atoms with Gasteiger partial charge in [0.1, 0.15) is 18.1 Å². The van der Waals surface area contributed by atoms with Gasteiger partial charge in [-0.15, -0.1) is 0 Å². The van der Waals surface area contributed by atoms with Gasteiger partial charge in [-0.2, -0.15) is 10.2 Å². The lowest BCUT2D eigenvalue weighted by molar-refractivity contribution is 0.0942. The van der Waals surface area contributed by atoms with Gasteiger partial charge in [0.15, 0.2) is 11.5 Å². The summed E-state index contributed by atoms with van der Waals surface area (Å²) in [6, 6.07) is 6.07. The number of aromatic nitrogens is 4. The van der Waals surface area contributed by atoms with E-state index in [0.717, 1.165) is 5.56 Å². The number of nitrogens with one attached hydrogen (secondary N) is 2. The topological polar surface area (TPSA) is 116 Å². The highest BCUT2D eigenvalue weighted by Crippen LogP contribution is 2.36. The first-order valence-corrected chi connectivity index (χ1v) is 11.3. The minimum Gasteiger partial charge on any atom is -0.483 e. The Morgan fingerprint density at radius 2 is 1.80 bits per heavy atom. The summed E-state index contributed by atoms with van der Waals surface area (Å²) in [5.41, 5.74) is 1.25. The average Bonchev–Trinajstić information content (AvgIpc) is 3.52. The van der Waals surface area contributed by atoms with Gasteiger partial charge in [0.2, 0.25) is 0 Å². The molecule has 2 amide bonds. The highest BCUT2D eigenvalue weighted by Gasteiger charge is 2.21. The van der Waals surface area contributed by atoms with Crippen LogP contribution in [0.4, 0.5) is 5.69 Å². The van der Waals surface area contributed by atoms with Crippen LogP contribution in [0.2, 0.25) is 15.1 Å². The fourth-order valence-electron chi connectivity index (χ4n) is 3.20. The predicted octanol–water partition coefficient (Wildman–Crippen LogP) is 4.47. The normalized spacial score (nSPS) is 10.9. The summed E-state index contributed by atoms with van der Waals surface area (Å²) in [4.78, 5) is 25.5. The molecule has 3 heterocycles. The Morgan fingerprint density at radius 1 is 1.06 bits per heavy atom. The molecule has 182 valence electrons. The number of amides is 2. The lowest BCUT2D eigenvalue weighted by atomic mass is 10.3. The predicted molar refractivity (Wildman–Crippen MR) is 130 cm³/mol. The minimum absolute atomic E-state index is 0.0162. The zero-order chi connectivity index (χ0) is 25.1. The summed E-state index contributed by atoms with van der Waals surface area (Å²) in [6.07, 6.45) is 4.83. The molecule has 0 saturated heterocycles. The van der Waals surface area contributed by atoms with E-state index in [4.69, 9.17) is 44.0 Å². The molecule has 0 atom stereocenters. The number of hydrogen-bond acceptors (Lipinski definition) is 6. The fourth-order valence-corrected chi connectivity index (χ4v) is 4.13. The highest BCUT2D eigenvalue weighted by molar-refractivity contribution is 6.40. The number of anilines is 1. The summed E-state index contributed by atoms with van der Waals surface area (Å²) < 4.78 is 14.2. The summed E-state index contributed by atoms with van der Waals surface area (Å²) >= 11 is 18.1. The molecule has 0 aliphatic rings. The van der Waals surface area contributed by atoms with Gasteiger partial charge in [0.25, 0.3) is 11.8 Å². The molecule has 0 radical (unpaired) electrons. The Balaban J connectivity index is 1.39. The number of hydrogen-bond donors (Lipinski definition) is 2. The number of rotatable bonds is 8. The van der Waals surface area contributed by atoms with Gasteiger partial charge in [-0.05, 0) is 24.3 Å². The van der Waals surface area contributed by atoms with E-state index in [2.05, 4.69) is 20.8 Å². The third kappa shape index (κ3) is 5.79. The van der Waals surface area contributed by atoms with Gasteiger partial charge in [-0.1, -0.05) is 34.8 Å². The molecule has 0 aliphatic carbocycles. The largest absolute Gasteiger partial charge is 0.483 e. The molecule has 35 heavy (non-hydrogen) atoms. The summed E-state index contributed by atoms with van der Waals surface area (Å²) in [6.45, 7) is 0.248. The van der Waals surface area contributed by atoms with Crippen molar-refractivity contribution in [2.24, 2.45) is 14.1 Å². The molecular formula is C22H19Cl3N6O4. The van der Waals surface area contributed by atoms with Gasteiger partial charge in [0.05, 0.1) is 28.1 Å². The van der Waals surface area contributed by atoms with Crippen molar-refractivity contribution in [1.29, 1.82) is 0 Å². The highest BCUT2D eigenvalue weighted by atomic mass is 35.5. The van der Waals surface area contributed by atoms with E-state index < -0.39 is 11.8 Å². The van der Waals surface area contributed by atoms with Gasteiger partial charge < -0.3 is 19.8 Å². The zero-order valence-corrected chi connectivity index (χ0v) is 20.8. The first-order chi connectivity index (χ1) is 16.7. The van der Waals surface area contributed by atoms with Crippen molar-refractivity contribution in [3.63, 3.8) is 0 Å². The minimum atomic E-state index is -0.562. The van der Waals surface area contributed by atoms with Crippen LogP contribution in [0.1, 0.15) is 32.4 Å². The van der Waals surface area contributed by atoms with Gasteiger partial charge in [0, 0.05) is 37.4 Å². The zero-order valence-electron chi connectivity index (χ0n) is 18.5. The number of ether oxygens (including phenoxy) is 1. The maximum absolute atomic E-state index is 12.7. The lowest BCUT2D eigenvalue weighted by Crippen LogP contribution is -2.26. The van der Waals surface area contributed by atoms with E-state index in [1.807, 2.05) is 0 Å². The number of aryl methyl sites for hydroxylation is 2. The molecular weight excluding hydrogens is 519 g/mol. The second-order valence-electron chi connectivity index (χ2n) is 7.44. The van der Waals surface area contributed by atoms with Gasteiger partial charge in [-0.3, -0.25) is 19.0 Å². The molecule has 1 aromatic carbocycles. The molecule has 10 nitrogen and oxygen atoms in total. The fraction of sp³-hybridized carbons (Fsp3) is 0.182. The van der Waals surface area contributed by atoms with E-state index in [1.165, 1.54) is 29.1 Å². The molecule has 13 heteroatoms. The van der Waals surface area contributed by atoms with Crippen molar-refractivity contribution in [1.82, 2.24) is 24.9 Å². The SMILES string of the molecule is Cn1cc(CNC(=O)c2c(NC(=O)c3ccc(COc4c(Cl)cc(Cl)cc4Cl)o3)cnn2C)cn1. The van der Waals surface area contributed by atoms with Crippen molar-refractivity contribution in [3.8, 4) is 5.75 Å². The van der Waals surface area contributed by atoms with Crippen LogP contribution >= 0.6 is 34.8 Å². The Hall–Kier alpha value is -3.47. The number of furan rings is 1. The van der Waals surface area contributed by atoms with Crippen LogP contribution in [0.3, 0.4) is 0 Å². The van der Waals surface area contributed by atoms with E-state index >= 15 is 0 Å². The lowest BCUT2D eigenvalue weighted by Gasteiger charge is -2.09. The van der Waals surface area contributed by atoms with Crippen LogP contribution in [0.15, 0.2) is 47.3 Å².